The Bertz CT molecular complexity index is 1130. The largest absolute Gasteiger partial charge is 0.478 e. The number of carboxylic acid groups (broad SMARTS) is 2. The second-order valence-corrected chi connectivity index (χ2v) is 10.5. The van der Waals surface area contributed by atoms with Crippen molar-refractivity contribution in [3.63, 3.8) is 0 Å². The first-order valence-corrected chi connectivity index (χ1v) is 16.4. The van der Waals surface area contributed by atoms with Gasteiger partial charge in [0, 0.05) is 19.3 Å². The minimum absolute atomic E-state index is 0.317. The van der Waals surface area contributed by atoms with Crippen LogP contribution in [0.25, 0.3) is 0 Å². The number of halogens is 1. The fourth-order valence-corrected chi connectivity index (χ4v) is 3.71. The molecule has 47 heavy (non-hydrogen) atoms. The monoisotopic (exact) mass is 675 g/mol. The van der Waals surface area contributed by atoms with Crippen molar-refractivity contribution in [2.75, 3.05) is 39.5 Å². The molecule has 10 heteroatoms. The lowest BCUT2D eigenvalue weighted by Gasteiger charge is -2.13. The van der Waals surface area contributed by atoms with Gasteiger partial charge < -0.3 is 24.6 Å². The Balaban J connectivity index is 0. The number of allylic oxidation sites excluding steroid dienone is 1. The molecule has 9 nitrogen and oxygen atoms in total. The lowest BCUT2D eigenvalue weighted by atomic mass is 10.0. The van der Waals surface area contributed by atoms with Crippen LogP contribution in [0.3, 0.4) is 0 Å². The molecule has 0 bridgehead atoms. The van der Waals surface area contributed by atoms with Gasteiger partial charge in [-0.25, -0.2) is 14.4 Å². The summed E-state index contributed by atoms with van der Waals surface area (Å²) in [4.78, 5) is 43.6. The normalized spacial score (nSPS) is 11.0. The second kappa shape index (κ2) is 30.8. The van der Waals surface area contributed by atoms with E-state index in [2.05, 4.69) is 38.8 Å². The first-order valence-electron chi connectivity index (χ1n) is 16.0. The van der Waals surface area contributed by atoms with Gasteiger partial charge in [0.2, 0.25) is 5.24 Å². The van der Waals surface area contributed by atoms with Gasteiger partial charge in [-0.3, -0.25) is 4.79 Å². The average molecular weight is 676 g/mol. The number of ether oxygens (including phenoxy) is 2. The number of rotatable bonds is 14. The van der Waals surface area contributed by atoms with E-state index in [1.165, 1.54) is 38.6 Å². The van der Waals surface area contributed by atoms with E-state index in [9.17, 15) is 19.2 Å². The van der Waals surface area contributed by atoms with Crippen molar-refractivity contribution in [3.05, 3.63) is 96.1 Å². The third kappa shape index (κ3) is 28.2. The minimum Gasteiger partial charge on any atom is -0.478 e. The maximum absolute atomic E-state index is 10.8. The van der Waals surface area contributed by atoms with Crippen molar-refractivity contribution in [2.24, 2.45) is 0 Å². The maximum atomic E-state index is 10.8. The van der Waals surface area contributed by atoms with Gasteiger partial charge in [-0.05, 0) is 106 Å². The number of unbranched alkanes of at least 4 members (excludes halogenated alkanes) is 3. The van der Waals surface area contributed by atoms with E-state index in [1.807, 2.05) is 19.1 Å². The summed E-state index contributed by atoms with van der Waals surface area (Å²) >= 11 is 4.71. The molecule has 0 atom stereocenters. The molecule has 0 spiro atoms. The average Bonchev–Trinajstić information content (AvgIpc) is 3.67. The minimum atomic E-state index is -0.898. The molecule has 2 aromatic rings. The summed E-state index contributed by atoms with van der Waals surface area (Å²) in [5, 5.41) is 16.8. The van der Waals surface area contributed by atoms with Crippen molar-refractivity contribution in [3.8, 4) is 0 Å². The van der Waals surface area contributed by atoms with Crippen LogP contribution < -0.4 is 0 Å². The first kappa shape index (κ1) is 45.3. The fourth-order valence-electron chi connectivity index (χ4n) is 3.71. The number of benzene rings is 2. The zero-order valence-corrected chi connectivity index (χ0v) is 29.3. The van der Waals surface area contributed by atoms with E-state index in [4.69, 9.17) is 31.3 Å². The van der Waals surface area contributed by atoms with Gasteiger partial charge in [-0.15, -0.1) is 0 Å². The summed E-state index contributed by atoms with van der Waals surface area (Å²) in [6.45, 7) is 20.9. The Kier molecular flexibility index (Phi) is 29.7. The van der Waals surface area contributed by atoms with Crippen LogP contribution in [-0.4, -0.2) is 77.7 Å². The SMILES string of the molecule is C1CCOC1.C=CC(=O)Cl.C=CC(=O)OCCCCCCc1ccc(C(=O)O)cc1.CCN(CC)CC.Cc1ccc(C(=O)O)cc1. The molecule has 262 valence electrons. The van der Waals surface area contributed by atoms with Gasteiger partial charge in [0.15, 0.2) is 0 Å². The fraction of sp³-hybridized carbons (Fsp3) is 0.459. The number of aromatic carboxylic acids is 2. The van der Waals surface area contributed by atoms with Crippen molar-refractivity contribution in [1.82, 2.24) is 4.90 Å². The molecule has 0 unspecified atom stereocenters. The lowest BCUT2D eigenvalue weighted by molar-refractivity contribution is -0.137. The predicted octanol–water partition coefficient (Wildman–Crippen LogP) is 7.99. The smallest absolute Gasteiger partial charge is 0.335 e. The molecule has 2 N–H and O–H groups in total. The van der Waals surface area contributed by atoms with Gasteiger partial charge >= 0.3 is 17.9 Å². The molecule has 1 heterocycles. The van der Waals surface area contributed by atoms with Crippen molar-refractivity contribution in [1.29, 1.82) is 0 Å². The summed E-state index contributed by atoms with van der Waals surface area (Å²) in [6, 6.07) is 13.7. The number of carbonyl (C=O) groups excluding carboxylic acids is 2. The molecule has 1 aliphatic rings. The van der Waals surface area contributed by atoms with E-state index in [0.717, 1.165) is 62.5 Å². The standard InChI is InChI=1S/C16H20O4.C8H8O2.C6H15N.C4H8O.C3H3ClO/c1-2-15(17)20-12-6-4-3-5-7-13-8-10-14(11-9-13)16(18)19;1-6-2-4-7(5-3-6)8(9)10;1-4-7(5-2)6-3;1-2-4-5-3-1;1-2-3(4)5/h2,8-11H,1,3-7,12H2,(H,18,19);2-5H,1H3,(H,9,10);4-6H2,1-3H3;1-4H2;2H,1H2. The van der Waals surface area contributed by atoms with Crippen LogP contribution in [0.5, 0.6) is 0 Å². The van der Waals surface area contributed by atoms with E-state index in [1.54, 1.807) is 36.4 Å². The number of nitrogens with zero attached hydrogens (tertiary/aromatic N) is 1. The number of aryl methyl sites for hydroxylation is 2. The molecular weight excluding hydrogens is 622 g/mol. The molecule has 0 aliphatic carbocycles. The van der Waals surface area contributed by atoms with Gasteiger partial charge in [-0.1, -0.05) is 76.6 Å². The van der Waals surface area contributed by atoms with Crippen LogP contribution in [0.2, 0.25) is 0 Å². The second-order valence-electron chi connectivity index (χ2n) is 10.2. The molecular formula is C37H54ClNO8. The summed E-state index contributed by atoms with van der Waals surface area (Å²) in [5.41, 5.74) is 2.88. The van der Waals surface area contributed by atoms with Gasteiger partial charge in [0.25, 0.3) is 0 Å². The Labute approximate surface area is 286 Å². The number of carboxylic acids is 2. The Morgan fingerprint density at radius 3 is 1.57 bits per heavy atom. The van der Waals surface area contributed by atoms with Gasteiger partial charge in [-0.2, -0.15) is 0 Å². The van der Waals surface area contributed by atoms with Crippen molar-refractivity contribution < 1.29 is 38.9 Å². The highest BCUT2D eigenvalue weighted by Gasteiger charge is 2.02. The van der Waals surface area contributed by atoms with Crippen LogP contribution in [-0.2, 0) is 25.5 Å². The number of carbonyl (C=O) groups is 4. The lowest BCUT2D eigenvalue weighted by Crippen LogP contribution is -2.21. The molecule has 1 aliphatic heterocycles. The van der Waals surface area contributed by atoms with E-state index in [-0.39, 0.29) is 5.97 Å². The van der Waals surface area contributed by atoms with Gasteiger partial charge in [0.05, 0.1) is 17.7 Å². The maximum Gasteiger partial charge on any atom is 0.335 e. The molecule has 0 amide bonds. The van der Waals surface area contributed by atoms with Crippen LogP contribution in [0.15, 0.2) is 73.8 Å². The molecule has 0 aromatic heterocycles. The quantitative estimate of drug-likeness (QED) is 0.0885. The molecule has 0 saturated carbocycles. The van der Waals surface area contributed by atoms with Crippen LogP contribution in [0.1, 0.15) is 91.1 Å². The highest BCUT2D eigenvalue weighted by molar-refractivity contribution is 6.66. The third-order valence-corrected chi connectivity index (χ3v) is 6.75. The van der Waals surface area contributed by atoms with Crippen molar-refractivity contribution >= 4 is 34.8 Å². The molecule has 2 aromatic carbocycles. The van der Waals surface area contributed by atoms with Crippen LogP contribution in [0, 0.1) is 6.92 Å². The third-order valence-electron chi connectivity index (χ3n) is 6.60. The Morgan fingerprint density at radius 2 is 1.23 bits per heavy atom. The number of esters is 1. The Morgan fingerprint density at radius 1 is 0.787 bits per heavy atom. The number of hydrogen-bond acceptors (Lipinski definition) is 7. The van der Waals surface area contributed by atoms with Crippen LogP contribution in [0.4, 0.5) is 0 Å². The summed E-state index contributed by atoms with van der Waals surface area (Å²) in [7, 11) is 0. The zero-order valence-electron chi connectivity index (χ0n) is 28.5. The van der Waals surface area contributed by atoms with Crippen molar-refractivity contribution in [2.45, 2.75) is 72.6 Å². The van der Waals surface area contributed by atoms with E-state index in [0.29, 0.717) is 17.7 Å². The van der Waals surface area contributed by atoms with E-state index >= 15 is 0 Å². The molecule has 3 rings (SSSR count). The predicted molar refractivity (Wildman–Crippen MR) is 189 cm³/mol. The summed E-state index contributed by atoms with van der Waals surface area (Å²) in [6.07, 6.45) is 9.68. The first-order chi connectivity index (χ1) is 22.4. The highest BCUT2D eigenvalue weighted by atomic mass is 35.5. The Hall–Kier alpha value is -3.79. The highest BCUT2D eigenvalue weighted by Crippen LogP contribution is 2.10. The molecule has 1 fully saturated rings. The summed E-state index contributed by atoms with van der Waals surface area (Å²) in [5.74, 6) is -2.14. The van der Waals surface area contributed by atoms with E-state index < -0.39 is 17.2 Å². The molecule has 1 saturated heterocycles. The number of hydrogen-bond donors (Lipinski definition) is 2. The summed E-state index contributed by atoms with van der Waals surface area (Å²) < 4.78 is 9.82. The topological polar surface area (TPSA) is 130 Å². The molecule has 0 radical (unpaired) electrons. The zero-order chi connectivity index (χ0) is 35.9. The van der Waals surface area contributed by atoms with Crippen LogP contribution >= 0.6 is 11.6 Å². The van der Waals surface area contributed by atoms with Gasteiger partial charge in [0.1, 0.15) is 0 Å².